The number of hydrogen-bond donors (Lipinski definition) is 2. The Labute approximate surface area is 187 Å². The van der Waals surface area contributed by atoms with Gasteiger partial charge in [0.1, 0.15) is 11.5 Å². The van der Waals surface area contributed by atoms with Gasteiger partial charge in [-0.25, -0.2) is 9.97 Å². The summed E-state index contributed by atoms with van der Waals surface area (Å²) in [5, 5.41) is 3.15. The fourth-order valence-electron chi connectivity index (χ4n) is 4.05. The first-order chi connectivity index (χ1) is 15.8. The van der Waals surface area contributed by atoms with Crippen molar-refractivity contribution in [1.82, 2.24) is 19.9 Å². The van der Waals surface area contributed by atoms with Crippen molar-refractivity contribution in [3.05, 3.63) is 41.2 Å². The Bertz CT molecular complexity index is 1200. The van der Waals surface area contributed by atoms with Crippen LogP contribution in [-0.4, -0.2) is 59.2 Å². The highest BCUT2D eigenvalue weighted by Gasteiger charge is 2.37. The van der Waals surface area contributed by atoms with Gasteiger partial charge in [-0.2, -0.15) is 13.2 Å². The van der Waals surface area contributed by atoms with E-state index in [1.807, 2.05) is 0 Å². The van der Waals surface area contributed by atoms with Crippen molar-refractivity contribution in [2.24, 2.45) is 0 Å². The molecule has 3 aromatic heterocycles. The molecule has 0 bridgehead atoms. The van der Waals surface area contributed by atoms with Gasteiger partial charge >= 0.3 is 6.18 Å². The Balaban J connectivity index is 1.46. The van der Waals surface area contributed by atoms with Crippen LogP contribution in [0.25, 0.3) is 11.0 Å². The van der Waals surface area contributed by atoms with Crippen LogP contribution in [0.15, 0.2) is 24.5 Å². The molecule has 8 nitrogen and oxygen atoms in total. The summed E-state index contributed by atoms with van der Waals surface area (Å²) in [7, 11) is 1.46. The number of fused-ring (bicyclic) bond motifs is 1. The van der Waals surface area contributed by atoms with E-state index >= 15 is 0 Å². The van der Waals surface area contributed by atoms with E-state index in [2.05, 4.69) is 20.3 Å². The number of halogens is 3. The standard InChI is InChI=1S/C22H22F3N5O3/c1-32-16-8-13(21(31)30-4-6-33-7-5-30)10-26-19(16)28-17-9-14(12-2-3-12)18-15(22(23,24)25)11-27-20(18)29-17/h8-12H,2-7H2,1H3,(H2,26,27,28,29). The monoisotopic (exact) mass is 461 g/mol. The lowest BCUT2D eigenvalue weighted by molar-refractivity contribution is -0.136. The van der Waals surface area contributed by atoms with Crippen LogP contribution in [0.1, 0.15) is 40.2 Å². The van der Waals surface area contributed by atoms with Gasteiger partial charge in [0.15, 0.2) is 11.6 Å². The Morgan fingerprint density at radius 2 is 2.03 bits per heavy atom. The van der Waals surface area contributed by atoms with Crippen molar-refractivity contribution in [3.8, 4) is 5.75 Å². The molecule has 1 saturated heterocycles. The molecule has 0 spiro atoms. The molecule has 1 saturated carbocycles. The van der Waals surface area contributed by atoms with Crippen LogP contribution in [0.2, 0.25) is 0 Å². The second-order valence-electron chi connectivity index (χ2n) is 8.10. The molecule has 0 unspecified atom stereocenters. The topological polar surface area (TPSA) is 92.4 Å². The van der Waals surface area contributed by atoms with Gasteiger partial charge < -0.3 is 24.7 Å². The average molecular weight is 461 g/mol. The zero-order valence-electron chi connectivity index (χ0n) is 17.8. The first-order valence-corrected chi connectivity index (χ1v) is 10.6. The third-order valence-corrected chi connectivity index (χ3v) is 5.86. The molecule has 1 aliphatic carbocycles. The lowest BCUT2D eigenvalue weighted by Gasteiger charge is -2.27. The molecule has 0 aromatic carbocycles. The smallest absolute Gasteiger partial charge is 0.418 e. The number of anilines is 2. The third-order valence-electron chi connectivity index (χ3n) is 5.86. The number of aromatic amines is 1. The van der Waals surface area contributed by atoms with Crippen LogP contribution in [0.3, 0.4) is 0 Å². The summed E-state index contributed by atoms with van der Waals surface area (Å²) in [5.41, 5.74) is 0.433. The molecular weight excluding hydrogens is 439 g/mol. The zero-order valence-corrected chi connectivity index (χ0v) is 17.8. The zero-order chi connectivity index (χ0) is 23.2. The number of aromatic nitrogens is 3. The van der Waals surface area contributed by atoms with Crippen LogP contribution in [0.5, 0.6) is 5.75 Å². The quantitative estimate of drug-likeness (QED) is 0.595. The maximum absolute atomic E-state index is 13.5. The number of alkyl halides is 3. The van der Waals surface area contributed by atoms with Crippen molar-refractivity contribution >= 4 is 28.6 Å². The van der Waals surface area contributed by atoms with Crippen molar-refractivity contribution in [2.75, 3.05) is 38.7 Å². The minimum absolute atomic E-state index is 0.0660. The summed E-state index contributed by atoms with van der Waals surface area (Å²) in [6.07, 6.45) is -0.397. The summed E-state index contributed by atoms with van der Waals surface area (Å²) in [6, 6.07) is 3.22. The molecular formula is C22H22F3N5O3. The number of nitrogens with one attached hydrogen (secondary N) is 2. The largest absolute Gasteiger partial charge is 0.493 e. The molecule has 1 amide bonds. The fraction of sp³-hybridized carbons (Fsp3) is 0.409. The number of morpholine rings is 1. The van der Waals surface area contributed by atoms with Gasteiger partial charge in [-0.1, -0.05) is 0 Å². The Kier molecular flexibility index (Phi) is 5.35. The van der Waals surface area contributed by atoms with Gasteiger partial charge in [0.25, 0.3) is 5.91 Å². The number of carbonyl (C=O) groups excluding carboxylic acids is 1. The molecule has 11 heteroatoms. The first-order valence-electron chi connectivity index (χ1n) is 10.6. The first kappa shape index (κ1) is 21.5. The molecule has 2 fully saturated rings. The number of nitrogens with zero attached hydrogens (tertiary/aromatic N) is 3. The van der Waals surface area contributed by atoms with Gasteiger partial charge in [0, 0.05) is 30.9 Å². The SMILES string of the molecule is COc1cc(C(=O)N2CCOCC2)cnc1Nc1cc(C2CC2)c2c(C(F)(F)F)c[nH]c2n1. The number of ether oxygens (including phenoxy) is 2. The highest BCUT2D eigenvalue weighted by molar-refractivity contribution is 5.95. The number of amides is 1. The number of methoxy groups -OCH3 is 1. The Morgan fingerprint density at radius 3 is 2.70 bits per heavy atom. The van der Waals surface area contributed by atoms with Gasteiger partial charge in [-0.15, -0.1) is 0 Å². The van der Waals surface area contributed by atoms with E-state index < -0.39 is 11.7 Å². The number of H-pyrrole nitrogens is 1. The van der Waals surface area contributed by atoms with E-state index in [1.54, 1.807) is 17.0 Å². The van der Waals surface area contributed by atoms with E-state index in [-0.39, 0.29) is 22.9 Å². The minimum Gasteiger partial charge on any atom is -0.493 e. The van der Waals surface area contributed by atoms with Crippen LogP contribution >= 0.6 is 0 Å². The van der Waals surface area contributed by atoms with Gasteiger partial charge in [0.2, 0.25) is 0 Å². The molecule has 4 heterocycles. The van der Waals surface area contributed by atoms with Crippen molar-refractivity contribution in [2.45, 2.75) is 24.9 Å². The van der Waals surface area contributed by atoms with Crippen molar-refractivity contribution in [3.63, 3.8) is 0 Å². The number of pyridine rings is 2. The van der Waals surface area contributed by atoms with Crippen LogP contribution in [0, 0.1) is 0 Å². The molecule has 3 aromatic rings. The maximum atomic E-state index is 13.5. The molecule has 0 atom stereocenters. The summed E-state index contributed by atoms with van der Waals surface area (Å²) < 4.78 is 51.1. The Morgan fingerprint density at radius 1 is 1.27 bits per heavy atom. The van der Waals surface area contributed by atoms with E-state index in [9.17, 15) is 18.0 Å². The number of carbonyl (C=O) groups is 1. The molecule has 5 rings (SSSR count). The van der Waals surface area contributed by atoms with Crippen molar-refractivity contribution in [1.29, 1.82) is 0 Å². The van der Waals surface area contributed by atoms with Crippen LogP contribution in [-0.2, 0) is 10.9 Å². The molecule has 2 N–H and O–H groups in total. The van der Waals surface area contributed by atoms with Gasteiger partial charge in [-0.3, -0.25) is 4.79 Å². The summed E-state index contributed by atoms with van der Waals surface area (Å²) in [5.74, 6) is 0.880. The van der Waals surface area contributed by atoms with E-state index in [0.717, 1.165) is 19.0 Å². The van der Waals surface area contributed by atoms with E-state index in [0.29, 0.717) is 54.8 Å². The second-order valence-corrected chi connectivity index (χ2v) is 8.10. The normalized spacial score (nSPS) is 16.8. The molecule has 174 valence electrons. The maximum Gasteiger partial charge on any atom is 0.418 e. The molecule has 1 aliphatic heterocycles. The second kappa shape index (κ2) is 8.22. The van der Waals surface area contributed by atoms with Crippen LogP contribution < -0.4 is 10.1 Å². The fourth-order valence-corrected chi connectivity index (χ4v) is 4.05. The minimum atomic E-state index is -4.47. The third kappa shape index (κ3) is 4.20. The predicted octanol–water partition coefficient (Wildman–Crippen LogP) is 4.08. The van der Waals surface area contributed by atoms with Gasteiger partial charge in [-0.05, 0) is 36.5 Å². The Hall–Kier alpha value is -3.34. The molecule has 0 radical (unpaired) electrons. The average Bonchev–Trinajstić information content (AvgIpc) is 3.56. The lowest BCUT2D eigenvalue weighted by atomic mass is 10.0. The van der Waals surface area contributed by atoms with Gasteiger partial charge in [0.05, 0.1) is 31.5 Å². The highest BCUT2D eigenvalue weighted by Crippen LogP contribution is 2.47. The van der Waals surface area contributed by atoms with Crippen molar-refractivity contribution < 1.29 is 27.4 Å². The summed E-state index contributed by atoms with van der Waals surface area (Å²) >= 11 is 0. The number of hydrogen-bond acceptors (Lipinski definition) is 6. The molecule has 2 aliphatic rings. The summed E-state index contributed by atoms with van der Waals surface area (Å²) in [4.78, 5) is 25.7. The summed E-state index contributed by atoms with van der Waals surface area (Å²) in [6.45, 7) is 1.99. The highest BCUT2D eigenvalue weighted by atomic mass is 19.4. The van der Waals surface area contributed by atoms with E-state index in [4.69, 9.17) is 9.47 Å². The number of rotatable bonds is 5. The predicted molar refractivity (Wildman–Crippen MR) is 114 cm³/mol. The lowest BCUT2D eigenvalue weighted by Crippen LogP contribution is -2.40. The van der Waals surface area contributed by atoms with Crippen LogP contribution in [0.4, 0.5) is 24.8 Å². The molecule has 33 heavy (non-hydrogen) atoms. The van der Waals surface area contributed by atoms with E-state index in [1.165, 1.54) is 13.3 Å².